The monoisotopic (exact) mass is 511 g/mol. The van der Waals surface area contributed by atoms with Gasteiger partial charge in [0.1, 0.15) is 29.1 Å². The molecule has 1 N–H and O–H groups in total. The highest BCUT2D eigenvalue weighted by molar-refractivity contribution is 7.18. The number of likely N-dealkylation sites (tertiary alicyclic amines) is 1. The number of esters is 1. The molecule has 194 valence electrons. The Bertz CT molecular complexity index is 1100. The SMILES string of the molecule is CN1CCC(OC(c2cccc(OCCNCC(=O)OC(C)(C)C)c2)c2nc3ccccc3s2)CC1. The topological polar surface area (TPSA) is 72.9 Å². The number of nitrogens with zero attached hydrogens (tertiary/aromatic N) is 2. The highest BCUT2D eigenvalue weighted by atomic mass is 32.1. The quantitative estimate of drug-likeness (QED) is 0.309. The van der Waals surface area contributed by atoms with E-state index in [1.54, 1.807) is 11.3 Å². The first-order valence-corrected chi connectivity index (χ1v) is 13.4. The molecule has 3 aromatic rings. The summed E-state index contributed by atoms with van der Waals surface area (Å²) < 4.78 is 19.2. The summed E-state index contributed by atoms with van der Waals surface area (Å²) in [6, 6.07) is 16.3. The molecule has 8 heteroatoms. The lowest BCUT2D eigenvalue weighted by Crippen LogP contribution is -2.35. The molecule has 2 heterocycles. The van der Waals surface area contributed by atoms with Crippen LogP contribution in [-0.4, -0.2) is 67.4 Å². The molecule has 1 unspecified atom stereocenters. The smallest absolute Gasteiger partial charge is 0.320 e. The Labute approximate surface area is 217 Å². The number of carbonyl (C=O) groups excluding carboxylic acids is 1. The van der Waals surface area contributed by atoms with E-state index < -0.39 is 5.60 Å². The molecule has 1 aliphatic rings. The maximum atomic E-state index is 11.8. The molecule has 1 aromatic heterocycles. The molecule has 2 aromatic carbocycles. The third kappa shape index (κ3) is 7.74. The summed E-state index contributed by atoms with van der Waals surface area (Å²) >= 11 is 1.68. The zero-order chi connectivity index (χ0) is 25.5. The number of aromatic nitrogens is 1. The number of rotatable bonds is 10. The number of para-hydroxylation sites is 1. The van der Waals surface area contributed by atoms with Gasteiger partial charge in [-0.2, -0.15) is 0 Å². The second-order valence-electron chi connectivity index (χ2n) is 10.2. The van der Waals surface area contributed by atoms with Crippen LogP contribution >= 0.6 is 11.3 Å². The van der Waals surface area contributed by atoms with Crippen LogP contribution in [0.5, 0.6) is 5.75 Å². The van der Waals surface area contributed by atoms with Crippen LogP contribution in [-0.2, 0) is 14.3 Å². The molecule has 0 amide bonds. The fourth-order valence-electron chi connectivity index (χ4n) is 4.17. The largest absolute Gasteiger partial charge is 0.492 e. The minimum Gasteiger partial charge on any atom is -0.492 e. The molecule has 1 saturated heterocycles. The lowest BCUT2D eigenvalue weighted by molar-refractivity contribution is -0.153. The number of ether oxygens (including phenoxy) is 3. The first-order chi connectivity index (χ1) is 17.3. The zero-order valence-electron chi connectivity index (χ0n) is 21.7. The lowest BCUT2D eigenvalue weighted by atomic mass is 10.1. The van der Waals surface area contributed by atoms with Crippen molar-refractivity contribution in [2.45, 2.75) is 51.4 Å². The molecule has 4 rings (SSSR count). The Morgan fingerprint density at radius 3 is 2.69 bits per heavy atom. The standard InChI is InChI=1S/C28H37N3O4S/c1-28(2,3)35-25(32)19-29-14-17-33-22-9-7-8-20(18-22)26(34-21-12-15-31(4)16-13-21)27-30-23-10-5-6-11-24(23)36-27/h5-11,18,21,26,29H,12-17,19H2,1-4H3. The van der Waals surface area contributed by atoms with E-state index in [4.69, 9.17) is 19.2 Å². The van der Waals surface area contributed by atoms with Crippen molar-refractivity contribution in [1.29, 1.82) is 0 Å². The van der Waals surface area contributed by atoms with Gasteiger partial charge >= 0.3 is 5.97 Å². The van der Waals surface area contributed by atoms with Gasteiger partial charge in [-0.25, -0.2) is 4.98 Å². The number of hydrogen-bond donors (Lipinski definition) is 1. The van der Waals surface area contributed by atoms with Gasteiger partial charge in [0.05, 0.1) is 22.9 Å². The Hall–Kier alpha value is -2.52. The number of benzene rings is 2. The fourth-order valence-corrected chi connectivity index (χ4v) is 5.20. The van der Waals surface area contributed by atoms with Crippen LogP contribution in [0.2, 0.25) is 0 Å². The Balaban J connectivity index is 1.41. The maximum absolute atomic E-state index is 11.8. The molecule has 1 aliphatic heterocycles. The second-order valence-corrected chi connectivity index (χ2v) is 11.3. The van der Waals surface area contributed by atoms with Crippen molar-refractivity contribution in [2.24, 2.45) is 0 Å². The predicted octanol–water partition coefficient (Wildman–Crippen LogP) is 4.81. The summed E-state index contributed by atoms with van der Waals surface area (Å²) in [5, 5.41) is 4.04. The molecule has 0 bridgehead atoms. The molecule has 1 atom stereocenters. The van der Waals surface area contributed by atoms with Gasteiger partial charge < -0.3 is 24.4 Å². The van der Waals surface area contributed by atoms with Crippen molar-refractivity contribution < 1.29 is 19.0 Å². The van der Waals surface area contributed by atoms with E-state index in [1.165, 1.54) is 0 Å². The summed E-state index contributed by atoms with van der Waals surface area (Å²) in [5.41, 5.74) is 1.55. The number of fused-ring (bicyclic) bond motifs is 1. The van der Waals surface area contributed by atoms with Crippen LogP contribution in [0.3, 0.4) is 0 Å². The highest BCUT2D eigenvalue weighted by Gasteiger charge is 2.26. The van der Waals surface area contributed by atoms with Gasteiger partial charge in [-0.05, 0) is 70.5 Å². The number of hydrogen-bond acceptors (Lipinski definition) is 8. The van der Waals surface area contributed by atoms with Crippen molar-refractivity contribution in [1.82, 2.24) is 15.2 Å². The van der Waals surface area contributed by atoms with Gasteiger partial charge in [-0.15, -0.1) is 11.3 Å². The first-order valence-electron chi connectivity index (χ1n) is 12.6. The fraction of sp³-hybridized carbons (Fsp3) is 0.500. The normalized spacial score (nSPS) is 16.2. The molecule has 0 radical (unpaired) electrons. The van der Waals surface area contributed by atoms with Crippen molar-refractivity contribution in [3.05, 3.63) is 59.1 Å². The van der Waals surface area contributed by atoms with E-state index in [2.05, 4.69) is 29.4 Å². The molecular weight excluding hydrogens is 474 g/mol. The summed E-state index contributed by atoms with van der Waals surface area (Å²) in [6.45, 7) is 8.79. The van der Waals surface area contributed by atoms with E-state index in [1.807, 2.05) is 57.2 Å². The summed E-state index contributed by atoms with van der Waals surface area (Å²) in [7, 11) is 2.16. The van der Waals surface area contributed by atoms with Crippen molar-refractivity contribution >= 4 is 27.5 Å². The highest BCUT2D eigenvalue weighted by Crippen LogP contribution is 2.36. The van der Waals surface area contributed by atoms with Crippen molar-refractivity contribution in [3.8, 4) is 5.75 Å². The van der Waals surface area contributed by atoms with Crippen LogP contribution in [0.4, 0.5) is 0 Å². The molecule has 36 heavy (non-hydrogen) atoms. The molecule has 0 aliphatic carbocycles. The second kappa shape index (κ2) is 12.1. The lowest BCUT2D eigenvalue weighted by Gasteiger charge is -2.31. The average molecular weight is 512 g/mol. The van der Waals surface area contributed by atoms with Gasteiger partial charge in [0.25, 0.3) is 0 Å². The molecule has 7 nitrogen and oxygen atoms in total. The van der Waals surface area contributed by atoms with E-state index >= 15 is 0 Å². The van der Waals surface area contributed by atoms with E-state index in [0.717, 1.165) is 52.5 Å². The van der Waals surface area contributed by atoms with Crippen LogP contribution in [0.1, 0.15) is 50.3 Å². The van der Waals surface area contributed by atoms with Crippen LogP contribution < -0.4 is 10.1 Å². The number of carbonyl (C=O) groups is 1. The van der Waals surface area contributed by atoms with Crippen LogP contribution in [0.15, 0.2) is 48.5 Å². The Morgan fingerprint density at radius 1 is 1.17 bits per heavy atom. The van der Waals surface area contributed by atoms with Crippen LogP contribution in [0, 0.1) is 0 Å². The summed E-state index contributed by atoms with van der Waals surface area (Å²) in [5.74, 6) is 0.499. The molecule has 0 spiro atoms. The number of nitrogens with one attached hydrogen (secondary N) is 1. The van der Waals surface area contributed by atoms with E-state index in [0.29, 0.717) is 13.2 Å². The average Bonchev–Trinajstić information content (AvgIpc) is 3.26. The Morgan fingerprint density at radius 2 is 1.94 bits per heavy atom. The van der Waals surface area contributed by atoms with Gasteiger partial charge in [-0.3, -0.25) is 4.79 Å². The number of thiazole rings is 1. The molecule has 1 fully saturated rings. The van der Waals surface area contributed by atoms with Gasteiger partial charge in [0.15, 0.2) is 0 Å². The predicted molar refractivity (Wildman–Crippen MR) is 144 cm³/mol. The maximum Gasteiger partial charge on any atom is 0.320 e. The minimum absolute atomic E-state index is 0.158. The summed E-state index contributed by atoms with van der Waals surface area (Å²) in [4.78, 5) is 19.1. The minimum atomic E-state index is -0.481. The molecule has 0 saturated carbocycles. The zero-order valence-corrected chi connectivity index (χ0v) is 22.5. The third-order valence-electron chi connectivity index (χ3n) is 5.93. The van der Waals surface area contributed by atoms with Crippen molar-refractivity contribution in [2.75, 3.05) is 39.8 Å². The van der Waals surface area contributed by atoms with Crippen LogP contribution in [0.25, 0.3) is 10.2 Å². The van der Waals surface area contributed by atoms with E-state index in [-0.39, 0.29) is 24.7 Å². The van der Waals surface area contributed by atoms with Crippen molar-refractivity contribution in [3.63, 3.8) is 0 Å². The van der Waals surface area contributed by atoms with Gasteiger partial charge in [-0.1, -0.05) is 24.3 Å². The van der Waals surface area contributed by atoms with Gasteiger partial charge in [0.2, 0.25) is 0 Å². The number of piperidine rings is 1. The third-order valence-corrected chi connectivity index (χ3v) is 7.01. The first kappa shape index (κ1) is 26.5. The summed E-state index contributed by atoms with van der Waals surface area (Å²) in [6.07, 6.45) is 1.97. The Kier molecular flexibility index (Phi) is 8.95. The molecular formula is C28H37N3O4S. The van der Waals surface area contributed by atoms with Gasteiger partial charge in [0, 0.05) is 19.6 Å². The van der Waals surface area contributed by atoms with E-state index in [9.17, 15) is 4.79 Å².